The van der Waals surface area contributed by atoms with Gasteiger partial charge in [-0.2, -0.15) is 0 Å². The summed E-state index contributed by atoms with van der Waals surface area (Å²) in [6.07, 6.45) is 5.00. The molecule has 0 spiro atoms. The molecule has 0 atom stereocenters. The fourth-order valence-electron chi connectivity index (χ4n) is 5.39. The second kappa shape index (κ2) is 9.01. The monoisotopic (exact) mass is 538 g/mol. The van der Waals surface area contributed by atoms with Crippen molar-refractivity contribution in [2.24, 2.45) is 0 Å². The molecule has 0 unspecified atom stereocenters. The average molecular weight is 539 g/mol. The van der Waals surface area contributed by atoms with Gasteiger partial charge in [-0.25, -0.2) is 4.79 Å². The average Bonchev–Trinajstić information content (AvgIpc) is 3.08. The van der Waals surface area contributed by atoms with E-state index in [9.17, 15) is 14.7 Å². The van der Waals surface area contributed by atoms with Gasteiger partial charge in [0, 0.05) is 42.3 Å². The van der Waals surface area contributed by atoms with Gasteiger partial charge in [0.2, 0.25) is 5.88 Å². The fourth-order valence-corrected chi connectivity index (χ4v) is 6.64. The second-order valence-corrected chi connectivity index (χ2v) is 12.8. The highest BCUT2D eigenvalue weighted by atomic mass is 32.1. The van der Waals surface area contributed by atoms with Crippen LogP contribution in [0.3, 0.4) is 0 Å². The van der Waals surface area contributed by atoms with E-state index >= 15 is 0 Å². The number of nitrogens with zero attached hydrogens (tertiary/aromatic N) is 2. The lowest BCUT2D eigenvalue weighted by atomic mass is 9.69. The van der Waals surface area contributed by atoms with Gasteiger partial charge in [0.25, 0.3) is 0 Å². The van der Waals surface area contributed by atoms with Crippen LogP contribution in [0, 0.1) is 3.95 Å². The Morgan fingerprint density at radius 1 is 1.19 bits per heavy atom. The quantitative estimate of drug-likeness (QED) is 0.232. The van der Waals surface area contributed by atoms with Crippen molar-refractivity contribution in [1.82, 2.24) is 4.57 Å². The number of aromatic hydroxyl groups is 1. The molecule has 3 aromatic rings. The summed E-state index contributed by atoms with van der Waals surface area (Å²) in [5.41, 5.74) is 7.09. The zero-order valence-corrected chi connectivity index (χ0v) is 23.0. The molecule has 0 fully saturated rings. The Hall–Kier alpha value is -3.13. The minimum atomic E-state index is -0.970. The maximum atomic E-state index is 13.0. The highest BCUT2D eigenvalue weighted by Crippen LogP contribution is 2.51. The molecule has 5 rings (SSSR count). The molecule has 37 heavy (non-hydrogen) atoms. The molecule has 2 N–H and O–H groups in total. The van der Waals surface area contributed by atoms with Crippen LogP contribution in [0.2, 0.25) is 0 Å². The number of thiazole rings is 1. The highest BCUT2D eigenvalue weighted by molar-refractivity contribution is 7.73. The molecule has 0 saturated carbocycles. The Labute approximate surface area is 224 Å². The molecule has 1 aromatic carbocycles. The summed E-state index contributed by atoms with van der Waals surface area (Å²) in [7, 11) is 0. The van der Waals surface area contributed by atoms with E-state index < -0.39 is 11.6 Å². The standard InChI is InChI=1S/C28H30N2O5S2/c1-27(2)9-12-29-13-10-28(3,4)21-22(29)18(27)15-17-14-16(25(34)35-23(17)21)6-5-7-19-24(33)30(26(36)37-19)11-8-20(31)32/h6-7,14-15,33H,8-13H2,1-4H3,(H,31,32). The van der Waals surface area contributed by atoms with E-state index in [0.717, 1.165) is 48.2 Å². The lowest BCUT2D eigenvalue weighted by molar-refractivity contribution is -0.137. The van der Waals surface area contributed by atoms with Gasteiger partial charge in [-0.1, -0.05) is 27.7 Å². The first kappa shape index (κ1) is 25.5. The number of carbonyl (C=O) groups is 1. The molecule has 2 aliphatic rings. The number of aliphatic carboxylic acids is 1. The molecule has 0 bridgehead atoms. The van der Waals surface area contributed by atoms with Crippen molar-refractivity contribution < 1.29 is 19.4 Å². The van der Waals surface area contributed by atoms with Crippen molar-refractivity contribution in [2.75, 3.05) is 18.0 Å². The van der Waals surface area contributed by atoms with Gasteiger partial charge in [0.1, 0.15) is 5.58 Å². The van der Waals surface area contributed by atoms with E-state index in [1.54, 1.807) is 6.08 Å². The Morgan fingerprint density at radius 3 is 2.59 bits per heavy atom. The maximum absolute atomic E-state index is 13.0. The van der Waals surface area contributed by atoms with Crippen molar-refractivity contribution in [3.63, 3.8) is 0 Å². The summed E-state index contributed by atoms with van der Waals surface area (Å²) in [5.74, 6) is -1.08. The molecular formula is C28H30N2O5S2. The van der Waals surface area contributed by atoms with E-state index in [0.29, 0.717) is 20.0 Å². The van der Waals surface area contributed by atoms with Crippen LogP contribution in [0.1, 0.15) is 68.5 Å². The van der Waals surface area contributed by atoms with Crippen LogP contribution in [-0.4, -0.2) is 33.8 Å². The van der Waals surface area contributed by atoms with E-state index in [4.69, 9.17) is 21.7 Å². The summed E-state index contributed by atoms with van der Waals surface area (Å²) in [6.45, 7) is 11.1. The van der Waals surface area contributed by atoms with Crippen molar-refractivity contribution in [3.05, 3.63) is 53.8 Å². The van der Waals surface area contributed by atoms with Gasteiger partial charge < -0.3 is 19.5 Å². The predicted molar refractivity (Wildman–Crippen MR) is 149 cm³/mol. The number of aromatic nitrogens is 1. The minimum Gasteiger partial charge on any atom is -0.493 e. The van der Waals surface area contributed by atoms with Crippen LogP contribution in [0.15, 0.2) is 27.1 Å². The third kappa shape index (κ3) is 4.45. The number of anilines is 1. The number of benzene rings is 1. The number of hydrogen-bond donors (Lipinski definition) is 2. The Bertz CT molecular complexity index is 1610. The van der Waals surface area contributed by atoms with Crippen LogP contribution >= 0.6 is 23.6 Å². The lowest BCUT2D eigenvalue weighted by Crippen LogP contribution is -2.44. The zero-order chi connectivity index (χ0) is 26.7. The normalized spacial score (nSPS) is 17.2. The zero-order valence-electron chi connectivity index (χ0n) is 21.4. The van der Waals surface area contributed by atoms with Gasteiger partial charge in [0.05, 0.1) is 16.9 Å². The molecule has 194 valence electrons. The number of fused-ring (bicyclic) bond motifs is 2. The molecular weight excluding hydrogens is 508 g/mol. The first-order valence-corrected chi connectivity index (χ1v) is 13.6. The van der Waals surface area contributed by atoms with Gasteiger partial charge >= 0.3 is 11.6 Å². The molecule has 0 saturated heterocycles. The third-order valence-corrected chi connectivity index (χ3v) is 9.04. The van der Waals surface area contributed by atoms with Gasteiger partial charge in [-0.05, 0) is 59.7 Å². The number of rotatable bonds is 5. The smallest absolute Gasteiger partial charge is 0.344 e. The van der Waals surface area contributed by atoms with Gasteiger partial charge in [-0.3, -0.25) is 9.36 Å². The Balaban J connectivity index is 1.60. The molecule has 2 aromatic heterocycles. The first-order valence-electron chi connectivity index (χ1n) is 12.4. The maximum Gasteiger partial charge on any atom is 0.344 e. The van der Waals surface area contributed by atoms with E-state index in [2.05, 4.69) is 44.4 Å². The summed E-state index contributed by atoms with van der Waals surface area (Å²) >= 11 is 6.41. The summed E-state index contributed by atoms with van der Waals surface area (Å²) in [5, 5.41) is 20.3. The summed E-state index contributed by atoms with van der Waals surface area (Å²) in [6, 6.07) is 4.03. The van der Waals surface area contributed by atoms with Crippen LogP contribution in [0.4, 0.5) is 5.69 Å². The first-order chi connectivity index (χ1) is 17.4. The molecule has 2 aliphatic heterocycles. The highest BCUT2D eigenvalue weighted by Gasteiger charge is 2.41. The van der Waals surface area contributed by atoms with E-state index in [1.807, 2.05) is 6.07 Å². The largest absolute Gasteiger partial charge is 0.493 e. The molecule has 7 nitrogen and oxygen atoms in total. The SMILES string of the molecule is CC1(C)CCN2CCC(C)(C)c3c2c1cc1cc(C=C=Cc2sc(=S)n(CCC(=O)O)c2O)c(=O)oc31. The van der Waals surface area contributed by atoms with Gasteiger partial charge in [0.15, 0.2) is 3.95 Å². The summed E-state index contributed by atoms with van der Waals surface area (Å²) < 4.78 is 7.73. The van der Waals surface area contributed by atoms with Gasteiger partial charge in [-0.15, -0.1) is 17.1 Å². The third-order valence-electron chi connectivity index (χ3n) is 7.65. The predicted octanol–water partition coefficient (Wildman–Crippen LogP) is 6.06. The molecule has 0 aliphatic carbocycles. The summed E-state index contributed by atoms with van der Waals surface area (Å²) in [4.78, 5) is 26.8. The van der Waals surface area contributed by atoms with Crippen molar-refractivity contribution in [1.29, 1.82) is 0 Å². The van der Waals surface area contributed by atoms with Crippen LogP contribution in [-0.2, 0) is 22.2 Å². The molecule has 9 heteroatoms. The molecule has 0 radical (unpaired) electrons. The minimum absolute atomic E-state index is 0.0167. The number of carboxylic acids is 1. The lowest BCUT2D eigenvalue weighted by Gasteiger charge is -2.48. The van der Waals surface area contributed by atoms with Crippen molar-refractivity contribution in [3.8, 4) is 5.88 Å². The van der Waals surface area contributed by atoms with Crippen molar-refractivity contribution >= 4 is 58.3 Å². The van der Waals surface area contributed by atoms with Crippen molar-refractivity contribution in [2.45, 2.75) is 64.3 Å². The van der Waals surface area contributed by atoms with Crippen LogP contribution in [0.5, 0.6) is 5.88 Å². The second-order valence-electron chi connectivity index (χ2n) is 11.1. The Kier molecular flexibility index (Phi) is 6.21. The van der Waals surface area contributed by atoms with E-state index in [-0.39, 0.29) is 29.7 Å². The van der Waals surface area contributed by atoms with Crippen LogP contribution in [0.25, 0.3) is 23.1 Å². The van der Waals surface area contributed by atoms with Crippen LogP contribution < -0.4 is 10.5 Å². The Morgan fingerprint density at radius 2 is 1.89 bits per heavy atom. The fraction of sp³-hybridized carbons (Fsp3) is 0.429. The molecule has 4 heterocycles. The number of carboxylic acid groups (broad SMARTS) is 1. The topological polar surface area (TPSA) is 95.9 Å². The number of hydrogen-bond acceptors (Lipinski definition) is 7. The molecule has 0 amide bonds. The van der Waals surface area contributed by atoms with E-state index in [1.165, 1.54) is 21.9 Å².